The molecule has 1 fully saturated rings. The number of rotatable bonds is 2. The highest BCUT2D eigenvalue weighted by molar-refractivity contribution is 8.01. The van der Waals surface area contributed by atoms with Crippen LogP contribution in [-0.2, 0) is 19.4 Å². The molecule has 0 aromatic heterocycles. The molecule has 13 heavy (non-hydrogen) atoms. The van der Waals surface area contributed by atoms with Gasteiger partial charge in [0.25, 0.3) is 0 Å². The van der Waals surface area contributed by atoms with Crippen LogP contribution in [0.15, 0.2) is 0 Å². The number of sulfone groups is 1. The number of esters is 1. The predicted molar refractivity (Wildman–Crippen MR) is 51.5 cm³/mol. The Labute approximate surface area is 81.9 Å². The minimum absolute atomic E-state index is 0.0297. The Hall–Kier alpha value is -0.230. The molecule has 0 unspecified atom stereocenters. The minimum Gasteiger partial charge on any atom is -0.460 e. The molecule has 0 radical (unpaired) electrons. The number of ether oxygens (including phenoxy) is 1. The van der Waals surface area contributed by atoms with Crippen molar-refractivity contribution >= 4 is 27.6 Å². The van der Waals surface area contributed by atoms with E-state index in [0.29, 0.717) is 0 Å². The van der Waals surface area contributed by atoms with E-state index in [2.05, 4.69) is 0 Å². The van der Waals surface area contributed by atoms with E-state index in [9.17, 15) is 13.2 Å². The lowest BCUT2D eigenvalue weighted by atomic mass is 10.3. The van der Waals surface area contributed by atoms with Crippen molar-refractivity contribution in [2.45, 2.75) is 18.3 Å². The Morgan fingerprint density at radius 1 is 1.46 bits per heavy atom. The topological polar surface area (TPSA) is 60.4 Å². The second kappa shape index (κ2) is 3.88. The van der Waals surface area contributed by atoms with E-state index in [1.165, 1.54) is 18.7 Å². The molecule has 0 aliphatic carbocycles. The van der Waals surface area contributed by atoms with Crippen LogP contribution in [0.2, 0.25) is 0 Å². The van der Waals surface area contributed by atoms with Crippen LogP contribution in [0.1, 0.15) is 6.92 Å². The summed E-state index contributed by atoms with van der Waals surface area (Å²) < 4.78 is 27.3. The van der Waals surface area contributed by atoms with Crippen LogP contribution in [0.25, 0.3) is 0 Å². The Morgan fingerprint density at radius 2 is 2.08 bits per heavy atom. The standard InChI is InChI=1S/C7H12O4S2/c1-5(8)11-6-3-13(9,10)4-7(6)12-2/h6-7H,3-4H2,1-2H3/t6-,7-/m1/s1. The summed E-state index contributed by atoms with van der Waals surface area (Å²) >= 11 is 1.43. The summed E-state index contributed by atoms with van der Waals surface area (Å²) in [6, 6.07) is 0. The summed E-state index contributed by atoms with van der Waals surface area (Å²) in [7, 11) is -3.00. The Balaban J connectivity index is 2.69. The van der Waals surface area contributed by atoms with Gasteiger partial charge in [0.05, 0.1) is 16.8 Å². The fourth-order valence-electron chi connectivity index (χ4n) is 1.33. The van der Waals surface area contributed by atoms with Crippen LogP contribution in [-0.4, -0.2) is 43.5 Å². The molecule has 0 aromatic carbocycles. The molecule has 1 saturated heterocycles. The fraction of sp³-hybridized carbons (Fsp3) is 0.857. The van der Waals surface area contributed by atoms with Gasteiger partial charge in [-0.25, -0.2) is 8.42 Å². The number of thioether (sulfide) groups is 1. The van der Waals surface area contributed by atoms with Gasteiger partial charge in [0.1, 0.15) is 6.10 Å². The Bertz CT molecular complexity index is 296. The number of hydrogen-bond acceptors (Lipinski definition) is 5. The van der Waals surface area contributed by atoms with Gasteiger partial charge in [-0.05, 0) is 6.26 Å². The van der Waals surface area contributed by atoms with E-state index in [1.807, 2.05) is 6.26 Å². The summed E-state index contributed by atoms with van der Waals surface area (Å²) in [5.41, 5.74) is 0. The van der Waals surface area contributed by atoms with E-state index >= 15 is 0 Å². The van der Waals surface area contributed by atoms with E-state index in [0.717, 1.165) is 0 Å². The predicted octanol–water partition coefficient (Wildman–Crippen LogP) is 0.0781. The van der Waals surface area contributed by atoms with Crippen LogP contribution in [0, 0.1) is 0 Å². The molecule has 76 valence electrons. The lowest BCUT2D eigenvalue weighted by molar-refractivity contribution is -0.144. The zero-order valence-corrected chi connectivity index (χ0v) is 9.15. The molecule has 0 spiro atoms. The zero-order chi connectivity index (χ0) is 10.1. The lowest BCUT2D eigenvalue weighted by Crippen LogP contribution is -2.26. The average Bonchev–Trinajstić information content (AvgIpc) is 2.24. The third-order valence-electron chi connectivity index (χ3n) is 1.87. The van der Waals surface area contributed by atoms with Crippen molar-refractivity contribution in [3.05, 3.63) is 0 Å². The first-order valence-corrected chi connectivity index (χ1v) is 6.96. The third-order valence-corrected chi connectivity index (χ3v) is 4.86. The van der Waals surface area contributed by atoms with Crippen molar-refractivity contribution < 1.29 is 17.9 Å². The highest BCUT2D eigenvalue weighted by Crippen LogP contribution is 2.25. The van der Waals surface area contributed by atoms with Crippen LogP contribution in [0.4, 0.5) is 0 Å². The quantitative estimate of drug-likeness (QED) is 0.622. The SMILES string of the molecule is CS[C@@H]1CS(=O)(=O)C[C@H]1OC(C)=O. The van der Waals surface area contributed by atoms with Gasteiger partial charge in [0.2, 0.25) is 0 Å². The van der Waals surface area contributed by atoms with Gasteiger partial charge in [-0.15, -0.1) is 0 Å². The monoisotopic (exact) mass is 224 g/mol. The molecule has 0 amide bonds. The zero-order valence-electron chi connectivity index (χ0n) is 7.52. The molecule has 6 heteroatoms. The van der Waals surface area contributed by atoms with Crippen molar-refractivity contribution in [1.29, 1.82) is 0 Å². The molecular weight excluding hydrogens is 212 g/mol. The van der Waals surface area contributed by atoms with Gasteiger partial charge >= 0.3 is 5.97 Å². The van der Waals surface area contributed by atoms with E-state index < -0.39 is 21.9 Å². The van der Waals surface area contributed by atoms with Gasteiger partial charge in [0, 0.05) is 6.92 Å². The van der Waals surface area contributed by atoms with Gasteiger partial charge in [-0.1, -0.05) is 0 Å². The van der Waals surface area contributed by atoms with Crippen LogP contribution >= 0.6 is 11.8 Å². The molecule has 0 bridgehead atoms. The van der Waals surface area contributed by atoms with E-state index in [-0.39, 0.29) is 16.8 Å². The van der Waals surface area contributed by atoms with Gasteiger partial charge in [-0.3, -0.25) is 4.79 Å². The van der Waals surface area contributed by atoms with Crippen LogP contribution in [0.3, 0.4) is 0 Å². The number of hydrogen-bond donors (Lipinski definition) is 0. The molecule has 1 aliphatic heterocycles. The highest BCUT2D eigenvalue weighted by Gasteiger charge is 2.39. The van der Waals surface area contributed by atoms with Crippen LogP contribution in [0.5, 0.6) is 0 Å². The summed E-state index contributed by atoms with van der Waals surface area (Å²) in [5.74, 6) is -0.328. The first-order chi connectivity index (χ1) is 5.94. The normalized spacial score (nSPS) is 31.5. The molecule has 0 saturated carbocycles. The van der Waals surface area contributed by atoms with Crippen molar-refractivity contribution in [3.8, 4) is 0 Å². The molecule has 1 heterocycles. The largest absolute Gasteiger partial charge is 0.460 e. The number of carbonyl (C=O) groups is 1. The van der Waals surface area contributed by atoms with Crippen LogP contribution < -0.4 is 0 Å². The second-order valence-electron chi connectivity index (χ2n) is 3.00. The summed E-state index contributed by atoms with van der Waals surface area (Å²) in [4.78, 5) is 10.6. The second-order valence-corrected chi connectivity index (χ2v) is 6.23. The molecule has 1 rings (SSSR count). The number of carbonyl (C=O) groups excluding carboxylic acids is 1. The fourth-order valence-corrected chi connectivity index (χ4v) is 4.72. The first kappa shape index (κ1) is 10.8. The highest BCUT2D eigenvalue weighted by atomic mass is 32.2. The maximum absolute atomic E-state index is 11.2. The molecule has 1 aliphatic rings. The average molecular weight is 224 g/mol. The third kappa shape index (κ3) is 2.87. The minimum atomic E-state index is -3.00. The molecule has 0 aromatic rings. The van der Waals surface area contributed by atoms with Crippen molar-refractivity contribution in [2.75, 3.05) is 17.8 Å². The maximum atomic E-state index is 11.2. The molecular formula is C7H12O4S2. The van der Waals surface area contributed by atoms with Gasteiger partial charge in [-0.2, -0.15) is 11.8 Å². The lowest BCUT2D eigenvalue weighted by Gasteiger charge is -2.14. The summed E-state index contributed by atoms with van der Waals surface area (Å²) in [5, 5.41) is -0.103. The molecule has 4 nitrogen and oxygen atoms in total. The van der Waals surface area contributed by atoms with E-state index in [1.54, 1.807) is 0 Å². The summed E-state index contributed by atoms with van der Waals surface area (Å²) in [6.45, 7) is 1.29. The smallest absolute Gasteiger partial charge is 0.302 e. The molecule has 2 atom stereocenters. The van der Waals surface area contributed by atoms with Gasteiger partial charge in [0.15, 0.2) is 9.84 Å². The van der Waals surface area contributed by atoms with Crippen molar-refractivity contribution in [1.82, 2.24) is 0 Å². The van der Waals surface area contributed by atoms with Gasteiger partial charge < -0.3 is 4.74 Å². The Kier molecular flexibility index (Phi) is 3.23. The van der Waals surface area contributed by atoms with E-state index in [4.69, 9.17) is 4.74 Å². The Morgan fingerprint density at radius 3 is 2.54 bits per heavy atom. The van der Waals surface area contributed by atoms with Crippen molar-refractivity contribution in [3.63, 3.8) is 0 Å². The maximum Gasteiger partial charge on any atom is 0.302 e. The summed E-state index contributed by atoms with van der Waals surface area (Å²) in [6.07, 6.45) is 1.36. The van der Waals surface area contributed by atoms with Crippen molar-refractivity contribution in [2.24, 2.45) is 0 Å². The molecule has 0 N–H and O–H groups in total. The first-order valence-electron chi connectivity index (χ1n) is 3.85.